The lowest BCUT2D eigenvalue weighted by Gasteiger charge is -2.28. The van der Waals surface area contributed by atoms with Crippen molar-refractivity contribution in [2.45, 2.75) is 19.9 Å². The van der Waals surface area contributed by atoms with Crippen LogP contribution >= 0.6 is 0 Å². The number of anilines is 1. The van der Waals surface area contributed by atoms with Gasteiger partial charge in [-0.05, 0) is 41.8 Å². The molecular weight excluding hydrogens is 328 g/mol. The number of nitrogens with zero attached hydrogens (tertiary/aromatic N) is 3. The van der Waals surface area contributed by atoms with Crippen molar-refractivity contribution in [1.29, 1.82) is 0 Å². The van der Waals surface area contributed by atoms with Gasteiger partial charge in [-0.1, -0.05) is 18.2 Å². The summed E-state index contributed by atoms with van der Waals surface area (Å²) in [5.74, 6) is -0.237. The summed E-state index contributed by atoms with van der Waals surface area (Å²) in [7, 11) is 0. The summed E-state index contributed by atoms with van der Waals surface area (Å²) in [5.41, 5.74) is 4.67. The molecule has 1 N–H and O–H groups in total. The highest BCUT2D eigenvalue weighted by Crippen LogP contribution is 2.23. The number of hydrogen-bond acceptors (Lipinski definition) is 4. The Morgan fingerprint density at radius 3 is 2.69 bits per heavy atom. The molecule has 0 saturated carbocycles. The van der Waals surface area contributed by atoms with Crippen molar-refractivity contribution < 1.29 is 9.59 Å². The lowest BCUT2D eigenvalue weighted by atomic mass is 9.99. The van der Waals surface area contributed by atoms with Crippen LogP contribution < -0.4 is 5.32 Å². The van der Waals surface area contributed by atoms with E-state index in [9.17, 15) is 9.59 Å². The van der Waals surface area contributed by atoms with E-state index in [1.165, 1.54) is 11.8 Å². The highest BCUT2D eigenvalue weighted by atomic mass is 16.2. The number of benzene rings is 2. The number of rotatable bonds is 2. The van der Waals surface area contributed by atoms with Gasteiger partial charge in [-0.3, -0.25) is 14.6 Å². The summed E-state index contributed by atoms with van der Waals surface area (Å²) in [6.07, 6.45) is 2.31. The van der Waals surface area contributed by atoms with Crippen LogP contribution in [0.5, 0.6) is 0 Å². The van der Waals surface area contributed by atoms with Crippen molar-refractivity contribution in [3.63, 3.8) is 0 Å². The molecule has 3 aromatic rings. The molecule has 26 heavy (non-hydrogen) atoms. The van der Waals surface area contributed by atoms with Crippen molar-refractivity contribution in [2.75, 3.05) is 11.9 Å². The predicted molar refractivity (Wildman–Crippen MR) is 98.7 cm³/mol. The largest absolute Gasteiger partial charge is 0.338 e. The van der Waals surface area contributed by atoms with Gasteiger partial charge in [0, 0.05) is 25.7 Å². The normalized spacial score (nSPS) is 13.3. The third-order valence-corrected chi connectivity index (χ3v) is 4.60. The lowest BCUT2D eigenvalue weighted by molar-refractivity contribution is -0.129. The topological polar surface area (TPSA) is 75.2 Å². The Hall–Kier alpha value is -3.28. The number of carbonyl (C=O) groups excluding carboxylic acids is 2. The average molecular weight is 346 g/mol. The SMILES string of the molecule is CC(=O)N1CCc2ccc(NC(=O)c3cnc4ccccc4n3)cc2C1. The van der Waals surface area contributed by atoms with E-state index in [0.29, 0.717) is 17.7 Å². The van der Waals surface area contributed by atoms with Crippen LogP contribution in [-0.2, 0) is 17.8 Å². The molecule has 130 valence electrons. The maximum atomic E-state index is 12.5. The average Bonchev–Trinajstić information content (AvgIpc) is 2.67. The molecule has 1 aliphatic rings. The van der Waals surface area contributed by atoms with Gasteiger partial charge < -0.3 is 10.2 Å². The van der Waals surface area contributed by atoms with Crippen molar-refractivity contribution in [2.24, 2.45) is 0 Å². The van der Waals surface area contributed by atoms with Gasteiger partial charge >= 0.3 is 0 Å². The minimum Gasteiger partial charge on any atom is -0.338 e. The number of amides is 2. The minimum absolute atomic E-state index is 0.0662. The second-order valence-electron chi connectivity index (χ2n) is 6.37. The first-order valence-corrected chi connectivity index (χ1v) is 8.50. The van der Waals surface area contributed by atoms with Crippen LogP contribution in [0.25, 0.3) is 11.0 Å². The highest BCUT2D eigenvalue weighted by molar-refractivity contribution is 6.03. The number of aromatic nitrogens is 2. The molecule has 1 aromatic heterocycles. The van der Waals surface area contributed by atoms with E-state index in [2.05, 4.69) is 15.3 Å². The molecule has 1 aliphatic heterocycles. The fraction of sp³-hybridized carbons (Fsp3) is 0.200. The number of para-hydroxylation sites is 2. The second kappa shape index (κ2) is 6.55. The first-order chi connectivity index (χ1) is 12.6. The van der Waals surface area contributed by atoms with E-state index in [1.807, 2.05) is 47.4 Å². The van der Waals surface area contributed by atoms with Gasteiger partial charge in [-0.25, -0.2) is 4.98 Å². The quantitative estimate of drug-likeness (QED) is 0.774. The van der Waals surface area contributed by atoms with Crippen LogP contribution in [0.1, 0.15) is 28.5 Å². The first-order valence-electron chi connectivity index (χ1n) is 8.50. The van der Waals surface area contributed by atoms with Crippen LogP contribution in [0.15, 0.2) is 48.7 Å². The Bertz CT molecular complexity index is 1020. The summed E-state index contributed by atoms with van der Waals surface area (Å²) in [4.78, 5) is 34.6. The van der Waals surface area contributed by atoms with Crippen LogP contribution in [0.4, 0.5) is 5.69 Å². The van der Waals surface area contributed by atoms with Crippen LogP contribution in [0.3, 0.4) is 0 Å². The third-order valence-electron chi connectivity index (χ3n) is 4.60. The molecule has 2 amide bonds. The summed E-state index contributed by atoms with van der Waals surface area (Å²) < 4.78 is 0. The summed E-state index contributed by atoms with van der Waals surface area (Å²) in [6, 6.07) is 13.2. The zero-order valence-corrected chi connectivity index (χ0v) is 14.4. The monoisotopic (exact) mass is 346 g/mol. The highest BCUT2D eigenvalue weighted by Gasteiger charge is 2.19. The van der Waals surface area contributed by atoms with Crippen molar-refractivity contribution in [3.05, 3.63) is 65.5 Å². The lowest BCUT2D eigenvalue weighted by Crippen LogP contribution is -2.34. The number of fused-ring (bicyclic) bond motifs is 2. The Morgan fingerprint density at radius 1 is 1.08 bits per heavy atom. The van der Waals surface area contributed by atoms with Gasteiger partial charge in [-0.15, -0.1) is 0 Å². The van der Waals surface area contributed by atoms with Crippen LogP contribution in [0, 0.1) is 0 Å². The van der Waals surface area contributed by atoms with E-state index >= 15 is 0 Å². The zero-order chi connectivity index (χ0) is 18.1. The molecule has 0 radical (unpaired) electrons. The summed E-state index contributed by atoms with van der Waals surface area (Å²) in [6.45, 7) is 2.89. The molecule has 0 aliphatic carbocycles. The summed E-state index contributed by atoms with van der Waals surface area (Å²) >= 11 is 0. The van der Waals surface area contributed by atoms with Gasteiger partial charge in [0.15, 0.2) is 0 Å². The van der Waals surface area contributed by atoms with E-state index in [1.54, 1.807) is 6.92 Å². The Morgan fingerprint density at radius 2 is 1.88 bits per heavy atom. The maximum Gasteiger partial charge on any atom is 0.275 e. The van der Waals surface area contributed by atoms with E-state index < -0.39 is 0 Å². The van der Waals surface area contributed by atoms with Gasteiger partial charge in [0.2, 0.25) is 5.91 Å². The fourth-order valence-electron chi connectivity index (χ4n) is 3.17. The van der Waals surface area contributed by atoms with Gasteiger partial charge in [0.1, 0.15) is 5.69 Å². The Kier molecular flexibility index (Phi) is 4.08. The molecule has 6 nitrogen and oxygen atoms in total. The van der Waals surface area contributed by atoms with Crippen molar-refractivity contribution >= 4 is 28.5 Å². The second-order valence-corrected chi connectivity index (χ2v) is 6.37. The van der Waals surface area contributed by atoms with E-state index in [0.717, 1.165) is 24.0 Å². The molecule has 2 aromatic carbocycles. The molecule has 0 fully saturated rings. The summed E-state index contributed by atoms with van der Waals surface area (Å²) in [5, 5.41) is 2.87. The first kappa shape index (κ1) is 16.2. The van der Waals surface area contributed by atoms with Crippen LogP contribution in [-0.4, -0.2) is 33.2 Å². The minimum atomic E-state index is -0.303. The van der Waals surface area contributed by atoms with Crippen molar-refractivity contribution in [3.8, 4) is 0 Å². The van der Waals surface area contributed by atoms with Gasteiger partial charge in [0.25, 0.3) is 5.91 Å². The maximum absolute atomic E-state index is 12.5. The molecule has 2 heterocycles. The Labute approximate surface area is 150 Å². The van der Waals surface area contributed by atoms with E-state index in [-0.39, 0.29) is 17.5 Å². The third kappa shape index (κ3) is 3.13. The van der Waals surface area contributed by atoms with Crippen LogP contribution in [0.2, 0.25) is 0 Å². The number of carbonyl (C=O) groups is 2. The standard InChI is InChI=1S/C20H18N4O2/c1-13(25)24-9-8-14-6-7-16(10-15(14)12-24)22-20(26)19-11-21-17-4-2-3-5-18(17)23-19/h2-7,10-11H,8-9,12H2,1H3,(H,22,26). The van der Waals surface area contributed by atoms with Gasteiger partial charge in [0.05, 0.1) is 17.2 Å². The molecule has 0 atom stereocenters. The zero-order valence-electron chi connectivity index (χ0n) is 14.4. The molecule has 6 heteroatoms. The fourth-order valence-corrected chi connectivity index (χ4v) is 3.17. The molecular formula is C20H18N4O2. The van der Waals surface area contributed by atoms with Crippen molar-refractivity contribution in [1.82, 2.24) is 14.9 Å². The molecule has 0 bridgehead atoms. The predicted octanol–water partition coefficient (Wildman–Crippen LogP) is 2.79. The Balaban J connectivity index is 1.55. The molecule has 4 rings (SSSR count). The molecule has 0 spiro atoms. The molecule has 0 unspecified atom stereocenters. The number of hydrogen-bond donors (Lipinski definition) is 1. The van der Waals surface area contributed by atoms with Gasteiger partial charge in [-0.2, -0.15) is 0 Å². The molecule has 0 saturated heterocycles. The number of nitrogens with one attached hydrogen (secondary N) is 1. The smallest absolute Gasteiger partial charge is 0.275 e. The van der Waals surface area contributed by atoms with E-state index in [4.69, 9.17) is 0 Å².